The summed E-state index contributed by atoms with van der Waals surface area (Å²) >= 11 is 0. The Kier molecular flexibility index (Phi) is 7.01. The number of morpholine rings is 1. The van der Waals surface area contributed by atoms with Crippen LogP contribution in [0.3, 0.4) is 0 Å². The molecule has 1 aromatic carbocycles. The minimum Gasteiger partial charge on any atom is -0.493 e. The van der Waals surface area contributed by atoms with E-state index in [1.165, 1.54) is 4.90 Å². The van der Waals surface area contributed by atoms with Gasteiger partial charge in [-0.1, -0.05) is 13.0 Å². The first kappa shape index (κ1) is 22.6. The number of hydrogen-bond acceptors (Lipinski definition) is 7. The fraction of sp³-hybridized carbons (Fsp3) is 0.583. The molecule has 2 amide bonds. The number of carbonyl (C=O) groups is 2. The summed E-state index contributed by atoms with van der Waals surface area (Å²) in [6, 6.07) is 5.41. The van der Waals surface area contributed by atoms with E-state index in [1.807, 2.05) is 6.07 Å². The van der Waals surface area contributed by atoms with Gasteiger partial charge in [0.05, 0.1) is 33.0 Å². The van der Waals surface area contributed by atoms with Crippen LogP contribution in [0.5, 0.6) is 11.5 Å². The molecule has 1 atom stereocenters. The van der Waals surface area contributed by atoms with Gasteiger partial charge in [-0.2, -0.15) is 0 Å². The van der Waals surface area contributed by atoms with Crippen molar-refractivity contribution in [3.05, 3.63) is 29.5 Å². The fourth-order valence-corrected chi connectivity index (χ4v) is 4.77. The van der Waals surface area contributed by atoms with Crippen LogP contribution >= 0.6 is 0 Å². The predicted octanol–water partition coefficient (Wildman–Crippen LogP) is 1.85. The smallest absolute Gasteiger partial charge is 0.277 e. The zero-order chi connectivity index (χ0) is 22.7. The molecular weight excluding hydrogens is 410 g/mol. The lowest BCUT2D eigenvalue weighted by Gasteiger charge is -2.33. The normalized spacial score (nSPS) is 22.7. The molecule has 3 heterocycles. The molecule has 1 aromatic rings. The molecule has 1 unspecified atom stereocenters. The first-order chi connectivity index (χ1) is 15.5. The van der Waals surface area contributed by atoms with E-state index in [-0.39, 0.29) is 11.8 Å². The zero-order valence-corrected chi connectivity index (χ0v) is 19.3. The van der Waals surface area contributed by atoms with Gasteiger partial charge >= 0.3 is 0 Å². The molecule has 2 saturated heterocycles. The molecule has 0 spiro atoms. The number of likely N-dealkylation sites (tertiary alicyclic amines) is 1. The first-order valence-electron chi connectivity index (χ1n) is 11.4. The minimum atomic E-state index is -0.233. The highest BCUT2D eigenvalue weighted by Crippen LogP contribution is 2.37. The van der Waals surface area contributed by atoms with Crippen molar-refractivity contribution in [1.29, 1.82) is 0 Å². The van der Waals surface area contributed by atoms with Gasteiger partial charge in [0.25, 0.3) is 11.8 Å². The highest BCUT2D eigenvalue weighted by atomic mass is 16.5. The van der Waals surface area contributed by atoms with Crippen LogP contribution in [0.2, 0.25) is 0 Å². The number of amides is 2. The van der Waals surface area contributed by atoms with Gasteiger partial charge in [0.2, 0.25) is 0 Å². The Morgan fingerprint density at radius 1 is 1.00 bits per heavy atom. The quantitative estimate of drug-likeness (QED) is 0.596. The number of rotatable bonds is 7. The number of benzene rings is 1. The number of nitrogens with zero attached hydrogens (tertiary/aromatic N) is 3. The number of piperidine rings is 1. The second kappa shape index (κ2) is 9.92. The average molecular weight is 444 g/mol. The molecule has 4 rings (SSSR count). The number of ether oxygens (including phenoxy) is 3. The third kappa shape index (κ3) is 4.47. The Balaban J connectivity index is 1.66. The van der Waals surface area contributed by atoms with Crippen LogP contribution in [0, 0.1) is 5.92 Å². The molecule has 0 bridgehead atoms. The Bertz CT molecular complexity index is 894. The van der Waals surface area contributed by atoms with Crippen molar-refractivity contribution in [1.82, 2.24) is 14.7 Å². The first-order valence-corrected chi connectivity index (χ1v) is 11.4. The standard InChI is InChI=1S/C24H33N3O5/c1-17-5-4-8-26(16-17)22-21(18-6-7-19(30-2)20(15-18)31-3)23(28)27(24(22)29)10-9-25-11-13-32-14-12-25/h6-7,15,17H,4-5,8-14,16H2,1-3H3. The second-order valence-electron chi connectivity index (χ2n) is 8.70. The van der Waals surface area contributed by atoms with Gasteiger partial charge in [-0.25, -0.2) is 0 Å². The van der Waals surface area contributed by atoms with Gasteiger partial charge in [-0.3, -0.25) is 19.4 Å². The van der Waals surface area contributed by atoms with Crippen molar-refractivity contribution in [3.63, 3.8) is 0 Å². The predicted molar refractivity (Wildman–Crippen MR) is 120 cm³/mol. The van der Waals surface area contributed by atoms with Crippen LogP contribution in [0.15, 0.2) is 23.9 Å². The van der Waals surface area contributed by atoms with Crippen LogP contribution in [0.4, 0.5) is 0 Å². The summed E-state index contributed by atoms with van der Waals surface area (Å²) in [5.41, 5.74) is 1.67. The molecule has 32 heavy (non-hydrogen) atoms. The Morgan fingerprint density at radius 3 is 2.44 bits per heavy atom. The summed E-state index contributed by atoms with van der Waals surface area (Å²) in [6.07, 6.45) is 2.15. The highest BCUT2D eigenvalue weighted by molar-refractivity contribution is 6.35. The zero-order valence-electron chi connectivity index (χ0n) is 19.3. The van der Waals surface area contributed by atoms with E-state index >= 15 is 0 Å². The molecule has 0 aliphatic carbocycles. The van der Waals surface area contributed by atoms with Crippen LogP contribution in [0.25, 0.3) is 5.57 Å². The summed E-state index contributed by atoms with van der Waals surface area (Å²) < 4.78 is 16.2. The molecule has 2 fully saturated rings. The van der Waals surface area contributed by atoms with Crippen molar-refractivity contribution in [2.45, 2.75) is 19.8 Å². The molecule has 3 aliphatic rings. The maximum absolute atomic E-state index is 13.6. The van der Waals surface area contributed by atoms with Crippen LogP contribution in [-0.2, 0) is 14.3 Å². The van der Waals surface area contributed by atoms with Gasteiger partial charge in [0.1, 0.15) is 5.70 Å². The highest BCUT2D eigenvalue weighted by Gasteiger charge is 2.42. The molecule has 0 N–H and O–H groups in total. The lowest BCUT2D eigenvalue weighted by molar-refractivity contribution is -0.138. The van der Waals surface area contributed by atoms with Gasteiger partial charge < -0.3 is 19.1 Å². The lowest BCUT2D eigenvalue weighted by Crippen LogP contribution is -2.44. The molecule has 174 valence electrons. The molecule has 0 radical (unpaired) electrons. The summed E-state index contributed by atoms with van der Waals surface area (Å²) in [4.78, 5) is 32.9. The van der Waals surface area contributed by atoms with E-state index < -0.39 is 0 Å². The largest absolute Gasteiger partial charge is 0.493 e. The number of carbonyl (C=O) groups excluding carboxylic acids is 2. The van der Waals surface area contributed by atoms with E-state index in [4.69, 9.17) is 14.2 Å². The Labute approximate surface area is 189 Å². The molecule has 8 nitrogen and oxygen atoms in total. The number of hydrogen-bond donors (Lipinski definition) is 0. The van der Waals surface area contributed by atoms with Crippen molar-refractivity contribution in [2.24, 2.45) is 5.92 Å². The molecule has 8 heteroatoms. The van der Waals surface area contributed by atoms with Gasteiger partial charge in [0, 0.05) is 39.3 Å². The van der Waals surface area contributed by atoms with Crippen molar-refractivity contribution >= 4 is 17.4 Å². The van der Waals surface area contributed by atoms with Gasteiger partial charge in [-0.15, -0.1) is 0 Å². The van der Waals surface area contributed by atoms with E-state index in [1.54, 1.807) is 26.4 Å². The minimum absolute atomic E-state index is 0.192. The second-order valence-corrected chi connectivity index (χ2v) is 8.70. The summed E-state index contributed by atoms with van der Waals surface area (Å²) in [5.74, 6) is 1.18. The van der Waals surface area contributed by atoms with Crippen LogP contribution < -0.4 is 9.47 Å². The monoisotopic (exact) mass is 443 g/mol. The van der Waals surface area contributed by atoms with Crippen LogP contribution in [-0.4, -0.2) is 93.2 Å². The van der Waals surface area contributed by atoms with E-state index in [9.17, 15) is 9.59 Å². The van der Waals surface area contributed by atoms with E-state index in [0.717, 1.165) is 39.0 Å². The molecular formula is C24H33N3O5. The van der Waals surface area contributed by atoms with Crippen molar-refractivity contribution in [3.8, 4) is 11.5 Å². The van der Waals surface area contributed by atoms with Gasteiger partial charge in [0.15, 0.2) is 11.5 Å². The molecule has 0 saturated carbocycles. The molecule has 3 aliphatic heterocycles. The average Bonchev–Trinajstić information content (AvgIpc) is 3.07. The van der Waals surface area contributed by atoms with E-state index in [2.05, 4.69) is 16.7 Å². The summed E-state index contributed by atoms with van der Waals surface area (Å²) in [5, 5.41) is 0. The van der Waals surface area contributed by atoms with Crippen LogP contribution in [0.1, 0.15) is 25.3 Å². The maximum atomic E-state index is 13.6. The lowest BCUT2D eigenvalue weighted by atomic mass is 9.97. The topological polar surface area (TPSA) is 71.5 Å². The Morgan fingerprint density at radius 2 is 1.75 bits per heavy atom. The van der Waals surface area contributed by atoms with Crippen molar-refractivity contribution < 1.29 is 23.8 Å². The SMILES string of the molecule is COc1ccc(C2=C(N3CCCC(C)C3)C(=O)N(CCN3CCOCC3)C2=O)cc1OC. The summed E-state index contributed by atoms with van der Waals surface area (Å²) in [7, 11) is 3.15. The van der Waals surface area contributed by atoms with Gasteiger partial charge in [-0.05, 0) is 36.5 Å². The number of imide groups is 1. The Hall–Kier alpha value is -2.58. The molecule has 0 aromatic heterocycles. The third-order valence-electron chi connectivity index (χ3n) is 6.53. The summed E-state index contributed by atoms with van der Waals surface area (Å²) in [6.45, 7) is 7.81. The fourth-order valence-electron chi connectivity index (χ4n) is 4.77. The van der Waals surface area contributed by atoms with Crippen molar-refractivity contribution in [2.75, 3.05) is 66.7 Å². The third-order valence-corrected chi connectivity index (χ3v) is 6.53. The number of methoxy groups -OCH3 is 2. The van der Waals surface area contributed by atoms with E-state index in [0.29, 0.717) is 60.6 Å². The maximum Gasteiger partial charge on any atom is 0.277 e.